The summed E-state index contributed by atoms with van der Waals surface area (Å²) in [6.45, 7) is 8.60. The molecule has 6 heteroatoms. The van der Waals surface area contributed by atoms with Crippen molar-refractivity contribution >= 4 is 23.3 Å². The van der Waals surface area contributed by atoms with Gasteiger partial charge in [0.05, 0.1) is 6.61 Å². The van der Waals surface area contributed by atoms with E-state index in [0.717, 1.165) is 6.54 Å². The lowest BCUT2D eigenvalue weighted by Gasteiger charge is -2.24. The van der Waals surface area contributed by atoms with E-state index in [1.54, 1.807) is 24.1 Å². The fourth-order valence-corrected chi connectivity index (χ4v) is 2.20. The molecule has 0 atom stereocenters. The van der Waals surface area contributed by atoms with Crippen molar-refractivity contribution < 1.29 is 9.53 Å². The van der Waals surface area contributed by atoms with E-state index in [2.05, 4.69) is 24.1 Å². The summed E-state index contributed by atoms with van der Waals surface area (Å²) in [6.07, 6.45) is 0. The van der Waals surface area contributed by atoms with Gasteiger partial charge in [-0.3, -0.25) is 4.79 Å². The summed E-state index contributed by atoms with van der Waals surface area (Å²) in [4.78, 5) is 18.6. The molecule has 0 aliphatic heterocycles. The number of carbonyl (C=O) groups is 1. The highest BCUT2D eigenvalue weighted by Crippen LogP contribution is 2.17. The average molecular weight is 314 g/mol. The van der Waals surface area contributed by atoms with Gasteiger partial charge in [-0.1, -0.05) is 25.4 Å². The van der Waals surface area contributed by atoms with Crippen LogP contribution < -0.4 is 5.32 Å². The van der Waals surface area contributed by atoms with Crippen LogP contribution in [0, 0.1) is 5.92 Å². The van der Waals surface area contributed by atoms with Crippen molar-refractivity contribution in [3.8, 4) is 0 Å². The SMILES string of the molecule is CCNc1cc(C(=O)N(CCOC)CC(C)C)cc(Cl)n1. The Morgan fingerprint density at radius 1 is 1.48 bits per heavy atom. The quantitative estimate of drug-likeness (QED) is 0.750. The van der Waals surface area contributed by atoms with Gasteiger partial charge in [0, 0.05) is 32.3 Å². The number of aromatic nitrogens is 1. The number of nitrogens with one attached hydrogen (secondary N) is 1. The van der Waals surface area contributed by atoms with E-state index in [4.69, 9.17) is 16.3 Å². The number of rotatable bonds is 8. The molecule has 21 heavy (non-hydrogen) atoms. The van der Waals surface area contributed by atoms with Crippen molar-refractivity contribution in [2.75, 3.05) is 38.7 Å². The molecule has 1 amide bonds. The zero-order chi connectivity index (χ0) is 15.8. The third-order valence-electron chi connectivity index (χ3n) is 2.84. The Morgan fingerprint density at radius 2 is 2.19 bits per heavy atom. The predicted molar refractivity (Wildman–Crippen MR) is 86.0 cm³/mol. The lowest BCUT2D eigenvalue weighted by atomic mass is 10.1. The molecular formula is C15H24ClN3O2. The maximum Gasteiger partial charge on any atom is 0.254 e. The number of hydrogen-bond acceptors (Lipinski definition) is 4. The van der Waals surface area contributed by atoms with Crippen molar-refractivity contribution in [3.05, 3.63) is 22.8 Å². The summed E-state index contributed by atoms with van der Waals surface area (Å²) < 4.78 is 5.08. The number of hydrogen-bond donors (Lipinski definition) is 1. The Bertz CT molecular complexity index is 466. The van der Waals surface area contributed by atoms with Crippen LogP contribution >= 0.6 is 11.6 Å². The van der Waals surface area contributed by atoms with Crippen molar-refractivity contribution in [1.29, 1.82) is 0 Å². The minimum absolute atomic E-state index is 0.0517. The lowest BCUT2D eigenvalue weighted by Crippen LogP contribution is -2.36. The molecule has 1 aromatic heterocycles. The van der Waals surface area contributed by atoms with Crippen LogP contribution in [-0.2, 0) is 4.74 Å². The number of nitrogens with zero attached hydrogens (tertiary/aromatic N) is 2. The number of carbonyl (C=O) groups excluding carboxylic acids is 1. The third-order valence-corrected chi connectivity index (χ3v) is 3.03. The second-order valence-electron chi connectivity index (χ2n) is 5.23. The van der Waals surface area contributed by atoms with Crippen LogP contribution in [0.5, 0.6) is 0 Å². The van der Waals surface area contributed by atoms with E-state index in [1.807, 2.05) is 6.92 Å². The normalized spacial score (nSPS) is 10.8. The monoisotopic (exact) mass is 313 g/mol. The summed E-state index contributed by atoms with van der Waals surface area (Å²) in [5, 5.41) is 3.39. The lowest BCUT2D eigenvalue weighted by molar-refractivity contribution is 0.0672. The number of anilines is 1. The molecule has 0 spiro atoms. The van der Waals surface area contributed by atoms with Gasteiger partial charge in [-0.25, -0.2) is 4.98 Å². The van der Waals surface area contributed by atoms with Gasteiger partial charge >= 0.3 is 0 Å². The fourth-order valence-electron chi connectivity index (χ4n) is 1.99. The molecule has 0 aliphatic carbocycles. The van der Waals surface area contributed by atoms with Gasteiger partial charge in [0.15, 0.2) is 0 Å². The Kier molecular flexibility index (Phi) is 7.47. The highest BCUT2D eigenvalue weighted by atomic mass is 35.5. The van der Waals surface area contributed by atoms with Crippen molar-refractivity contribution in [2.24, 2.45) is 5.92 Å². The molecule has 0 saturated carbocycles. The molecule has 0 aliphatic rings. The molecule has 118 valence electrons. The standard InChI is InChI=1S/C15H24ClN3O2/c1-5-17-14-9-12(8-13(16)18-14)15(20)19(6-7-21-4)10-11(2)3/h8-9,11H,5-7,10H2,1-4H3,(H,17,18). The largest absolute Gasteiger partial charge is 0.383 e. The molecule has 1 rings (SSSR count). The van der Waals surface area contributed by atoms with Crippen LogP contribution in [0.1, 0.15) is 31.1 Å². The first kappa shape index (κ1) is 17.7. The summed E-state index contributed by atoms with van der Waals surface area (Å²) >= 11 is 6.00. The Labute approximate surface area is 131 Å². The predicted octanol–water partition coefficient (Wildman–Crippen LogP) is 2.91. The average Bonchev–Trinajstić information content (AvgIpc) is 2.42. The van der Waals surface area contributed by atoms with E-state index in [9.17, 15) is 4.79 Å². The van der Waals surface area contributed by atoms with E-state index in [-0.39, 0.29) is 5.91 Å². The Balaban J connectivity index is 2.95. The van der Waals surface area contributed by atoms with Crippen molar-refractivity contribution in [1.82, 2.24) is 9.88 Å². The summed E-state index contributed by atoms with van der Waals surface area (Å²) in [5.74, 6) is 0.949. The van der Waals surface area contributed by atoms with E-state index >= 15 is 0 Å². The van der Waals surface area contributed by atoms with E-state index in [1.165, 1.54) is 0 Å². The first-order valence-electron chi connectivity index (χ1n) is 7.17. The van der Waals surface area contributed by atoms with Crippen LogP contribution in [0.15, 0.2) is 12.1 Å². The number of halogens is 1. The van der Waals surface area contributed by atoms with Crippen molar-refractivity contribution in [2.45, 2.75) is 20.8 Å². The molecule has 5 nitrogen and oxygen atoms in total. The van der Waals surface area contributed by atoms with Gasteiger partial charge in [0.1, 0.15) is 11.0 Å². The smallest absolute Gasteiger partial charge is 0.254 e. The van der Waals surface area contributed by atoms with Crippen LogP contribution in [0.4, 0.5) is 5.82 Å². The number of pyridine rings is 1. The van der Waals surface area contributed by atoms with Gasteiger partial charge < -0.3 is 15.0 Å². The summed E-state index contributed by atoms with van der Waals surface area (Å²) in [6, 6.07) is 3.34. The summed E-state index contributed by atoms with van der Waals surface area (Å²) in [7, 11) is 1.63. The van der Waals surface area contributed by atoms with Gasteiger partial charge in [0.2, 0.25) is 0 Å². The summed E-state index contributed by atoms with van der Waals surface area (Å²) in [5.41, 5.74) is 0.544. The number of methoxy groups -OCH3 is 1. The fraction of sp³-hybridized carbons (Fsp3) is 0.600. The maximum atomic E-state index is 12.7. The van der Waals surface area contributed by atoms with Gasteiger partial charge in [-0.15, -0.1) is 0 Å². The van der Waals surface area contributed by atoms with E-state index in [0.29, 0.717) is 42.1 Å². The molecule has 0 fully saturated rings. The van der Waals surface area contributed by atoms with Crippen LogP contribution in [-0.4, -0.2) is 49.1 Å². The van der Waals surface area contributed by atoms with E-state index < -0.39 is 0 Å². The first-order valence-corrected chi connectivity index (χ1v) is 7.55. The van der Waals surface area contributed by atoms with Crippen LogP contribution in [0.3, 0.4) is 0 Å². The Hall–Kier alpha value is -1.33. The molecule has 0 saturated heterocycles. The highest BCUT2D eigenvalue weighted by Gasteiger charge is 2.18. The zero-order valence-corrected chi connectivity index (χ0v) is 13.9. The van der Waals surface area contributed by atoms with Gasteiger partial charge in [0.25, 0.3) is 5.91 Å². The molecule has 1 heterocycles. The molecule has 1 N–H and O–H groups in total. The molecule has 1 aromatic rings. The minimum atomic E-state index is -0.0517. The molecule has 0 unspecified atom stereocenters. The zero-order valence-electron chi connectivity index (χ0n) is 13.1. The highest BCUT2D eigenvalue weighted by molar-refractivity contribution is 6.29. The molecule has 0 radical (unpaired) electrons. The number of ether oxygens (including phenoxy) is 1. The topological polar surface area (TPSA) is 54.5 Å². The van der Waals surface area contributed by atoms with Crippen LogP contribution in [0.2, 0.25) is 5.15 Å². The third kappa shape index (κ3) is 5.89. The van der Waals surface area contributed by atoms with Gasteiger partial charge in [-0.05, 0) is 25.0 Å². The Morgan fingerprint density at radius 3 is 2.76 bits per heavy atom. The minimum Gasteiger partial charge on any atom is -0.383 e. The molecule has 0 bridgehead atoms. The number of amides is 1. The molecule has 0 aromatic carbocycles. The van der Waals surface area contributed by atoms with Crippen LogP contribution in [0.25, 0.3) is 0 Å². The van der Waals surface area contributed by atoms with Crippen molar-refractivity contribution in [3.63, 3.8) is 0 Å². The maximum absolute atomic E-state index is 12.7. The first-order chi connectivity index (χ1) is 9.97. The van der Waals surface area contributed by atoms with Gasteiger partial charge in [-0.2, -0.15) is 0 Å². The second-order valence-corrected chi connectivity index (χ2v) is 5.62. The molecular weight excluding hydrogens is 290 g/mol. The second kappa shape index (κ2) is 8.85.